The second-order valence-corrected chi connectivity index (χ2v) is 5.79. The standard InChI is InChI=1S/C14H10Br2FNO2/c15-9-5-10(13(18)11(16)6-9)14(19)20-7-8-3-1-2-4-12(8)17/h1-6H,7,18H2. The normalized spacial score (nSPS) is 10.3. The summed E-state index contributed by atoms with van der Waals surface area (Å²) in [6.07, 6.45) is 0. The third-order valence-electron chi connectivity index (χ3n) is 2.63. The fourth-order valence-corrected chi connectivity index (χ4v) is 2.82. The van der Waals surface area contributed by atoms with Gasteiger partial charge < -0.3 is 10.5 Å². The lowest BCUT2D eigenvalue weighted by Crippen LogP contribution is -2.09. The quantitative estimate of drug-likeness (QED) is 0.615. The molecule has 0 fully saturated rings. The van der Waals surface area contributed by atoms with Gasteiger partial charge in [-0.1, -0.05) is 34.1 Å². The zero-order valence-corrected chi connectivity index (χ0v) is 13.4. The zero-order chi connectivity index (χ0) is 14.7. The molecule has 0 unspecified atom stereocenters. The summed E-state index contributed by atoms with van der Waals surface area (Å²) in [5.41, 5.74) is 6.63. The van der Waals surface area contributed by atoms with Gasteiger partial charge in [0.15, 0.2) is 0 Å². The molecule has 0 saturated heterocycles. The summed E-state index contributed by atoms with van der Waals surface area (Å²) in [6, 6.07) is 9.41. The number of nitrogen functional groups attached to an aromatic ring is 1. The van der Waals surface area contributed by atoms with E-state index in [0.717, 1.165) is 0 Å². The first-order valence-electron chi connectivity index (χ1n) is 5.64. The van der Waals surface area contributed by atoms with Gasteiger partial charge in [0.1, 0.15) is 12.4 Å². The minimum Gasteiger partial charge on any atom is -0.457 e. The molecule has 0 aromatic heterocycles. The second kappa shape index (κ2) is 6.37. The maximum Gasteiger partial charge on any atom is 0.340 e. The van der Waals surface area contributed by atoms with E-state index in [2.05, 4.69) is 31.9 Å². The van der Waals surface area contributed by atoms with Crippen molar-refractivity contribution in [1.82, 2.24) is 0 Å². The molecule has 0 aliphatic carbocycles. The number of hydrogen-bond acceptors (Lipinski definition) is 3. The Bertz CT molecular complexity index is 662. The lowest BCUT2D eigenvalue weighted by atomic mass is 10.2. The van der Waals surface area contributed by atoms with Crippen LogP contribution >= 0.6 is 31.9 Å². The summed E-state index contributed by atoms with van der Waals surface area (Å²) in [6.45, 7) is -0.144. The molecule has 104 valence electrons. The zero-order valence-electron chi connectivity index (χ0n) is 10.2. The van der Waals surface area contributed by atoms with Crippen LogP contribution in [0.15, 0.2) is 45.3 Å². The highest BCUT2D eigenvalue weighted by atomic mass is 79.9. The third-order valence-corrected chi connectivity index (χ3v) is 3.74. The van der Waals surface area contributed by atoms with Gasteiger partial charge in [-0.25, -0.2) is 9.18 Å². The highest BCUT2D eigenvalue weighted by Crippen LogP contribution is 2.28. The molecule has 2 aromatic rings. The maximum atomic E-state index is 13.4. The Morgan fingerprint density at radius 1 is 1.25 bits per heavy atom. The molecule has 0 amide bonds. The van der Waals surface area contributed by atoms with Crippen LogP contribution in [0.5, 0.6) is 0 Å². The molecule has 2 N–H and O–H groups in total. The minimum absolute atomic E-state index is 0.144. The smallest absolute Gasteiger partial charge is 0.340 e. The number of esters is 1. The number of hydrogen-bond donors (Lipinski definition) is 1. The molecule has 20 heavy (non-hydrogen) atoms. The molecule has 0 saturated carbocycles. The van der Waals surface area contributed by atoms with Gasteiger partial charge in [0, 0.05) is 14.5 Å². The highest BCUT2D eigenvalue weighted by molar-refractivity contribution is 9.11. The monoisotopic (exact) mass is 401 g/mol. The molecule has 0 spiro atoms. The Kier molecular flexibility index (Phi) is 4.77. The van der Waals surface area contributed by atoms with E-state index in [0.29, 0.717) is 14.5 Å². The Morgan fingerprint density at radius 2 is 1.95 bits per heavy atom. The van der Waals surface area contributed by atoms with E-state index < -0.39 is 11.8 Å². The molecule has 2 rings (SSSR count). The lowest BCUT2D eigenvalue weighted by molar-refractivity contribution is 0.0470. The van der Waals surface area contributed by atoms with Crippen molar-refractivity contribution in [1.29, 1.82) is 0 Å². The summed E-state index contributed by atoms with van der Waals surface area (Å²) in [5, 5.41) is 0. The first-order chi connectivity index (χ1) is 9.49. The van der Waals surface area contributed by atoms with Crippen LogP contribution in [-0.2, 0) is 11.3 Å². The number of rotatable bonds is 3. The van der Waals surface area contributed by atoms with Crippen molar-refractivity contribution < 1.29 is 13.9 Å². The first kappa shape index (κ1) is 15.0. The van der Waals surface area contributed by atoms with E-state index in [1.807, 2.05) is 0 Å². The predicted molar refractivity (Wildman–Crippen MR) is 81.8 cm³/mol. The molecular formula is C14H10Br2FNO2. The van der Waals surface area contributed by atoms with E-state index in [9.17, 15) is 9.18 Å². The molecule has 0 bridgehead atoms. The topological polar surface area (TPSA) is 52.3 Å². The number of carbonyl (C=O) groups is 1. The second-order valence-electron chi connectivity index (χ2n) is 4.02. The van der Waals surface area contributed by atoms with Crippen molar-refractivity contribution in [3.8, 4) is 0 Å². The molecule has 0 heterocycles. The predicted octanol–water partition coefficient (Wildman–Crippen LogP) is 4.29. The molecule has 0 radical (unpaired) electrons. The van der Waals surface area contributed by atoms with E-state index in [-0.39, 0.29) is 17.9 Å². The Morgan fingerprint density at radius 3 is 2.65 bits per heavy atom. The Balaban J connectivity index is 2.15. The van der Waals surface area contributed by atoms with Crippen molar-refractivity contribution >= 4 is 43.5 Å². The van der Waals surface area contributed by atoms with Crippen molar-refractivity contribution in [2.75, 3.05) is 5.73 Å². The first-order valence-corrected chi connectivity index (χ1v) is 7.22. The summed E-state index contributed by atoms with van der Waals surface area (Å²) < 4.78 is 19.8. The van der Waals surface area contributed by atoms with Crippen molar-refractivity contribution in [3.63, 3.8) is 0 Å². The number of benzene rings is 2. The van der Waals surface area contributed by atoms with E-state index in [1.165, 1.54) is 6.07 Å². The largest absolute Gasteiger partial charge is 0.457 e. The van der Waals surface area contributed by atoms with Gasteiger partial charge in [-0.2, -0.15) is 0 Å². The number of anilines is 1. The number of carbonyl (C=O) groups excluding carboxylic acids is 1. The van der Waals surface area contributed by atoms with Gasteiger partial charge in [0.2, 0.25) is 0 Å². The van der Waals surface area contributed by atoms with Crippen LogP contribution in [0.3, 0.4) is 0 Å². The Labute approximate surface area is 132 Å². The average molecular weight is 403 g/mol. The van der Waals surface area contributed by atoms with Gasteiger partial charge >= 0.3 is 5.97 Å². The summed E-state index contributed by atoms with van der Waals surface area (Å²) in [7, 11) is 0. The van der Waals surface area contributed by atoms with E-state index >= 15 is 0 Å². The lowest BCUT2D eigenvalue weighted by Gasteiger charge is -2.09. The van der Waals surface area contributed by atoms with Crippen molar-refractivity contribution in [2.24, 2.45) is 0 Å². The number of ether oxygens (including phenoxy) is 1. The van der Waals surface area contributed by atoms with Crippen LogP contribution < -0.4 is 5.73 Å². The number of halogens is 3. The van der Waals surface area contributed by atoms with Crippen LogP contribution in [0.1, 0.15) is 15.9 Å². The van der Waals surface area contributed by atoms with Gasteiger partial charge in [0.05, 0.1) is 11.3 Å². The van der Waals surface area contributed by atoms with Crippen LogP contribution in [0, 0.1) is 5.82 Å². The van der Waals surface area contributed by atoms with Crippen molar-refractivity contribution in [2.45, 2.75) is 6.61 Å². The molecular weight excluding hydrogens is 393 g/mol. The van der Waals surface area contributed by atoms with Gasteiger partial charge in [-0.15, -0.1) is 0 Å². The summed E-state index contributed by atoms with van der Waals surface area (Å²) >= 11 is 6.52. The Hall–Kier alpha value is -1.40. The maximum absolute atomic E-state index is 13.4. The summed E-state index contributed by atoms with van der Waals surface area (Å²) in [5.74, 6) is -1.02. The van der Waals surface area contributed by atoms with Crippen molar-refractivity contribution in [3.05, 3.63) is 62.3 Å². The van der Waals surface area contributed by atoms with Crippen LogP contribution in [-0.4, -0.2) is 5.97 Å². The van der Waals surface area contributed by atoms with E-state index in [1.54, 1.807) is 30.3 Å². The average Bonchev–Trinajstić information content (AvgIpc) is 2.41. The van der Waals surface area contributed by atoms with E-state index in [4.69, 9.17) is 10.5 Å². The molecule has 3 nitrogen and oxygen atoms in total. The fourth-order valence-electron chi connectivity index (χ4n) is 1.59. The fraction of sp³-hybridized carbons (Fsp3) is 0.0714. The van der Waals surface area contributed by atoms with Crippen LogP contribution in [0.2, 0.25) is 0 Å². The van der Waals surface area contributed by atoms with Gasteiger partial charge in [-0.05, 0) is 34.1 Å². The third kappa shape index (κ3) is 3.37. The molecule has 0 aliphatic rings. The van der Waals surface area contributed by atoms with Crippen LogP contribution in [0.4, 0.5) is 10.1 Å². The van der Waals surface area contributed by atoms with Crippen LogP contribution in [0.25, 0.3) is 0 Å². The number of nitrogens with two attached hydrogens (primary N) is 1. The van der Waals surface area contributed by atoms with Gasteiger partial charge in [-0.3, -0.25) is 0 Å². The summed E-state index contributed by atoms with van der Waals surface area (Å²) in [4.78, 5) is 12.0. The molecule has 0 aliphatic heterocycles. The molecule has 6 heteroatoms. The minimum atomic E-state index is -0.604. The molecule has 2 aromatic carbocycles. The molecule has 0 atom stereocenters. The van der Waals surface area contributed by atoms with Gasteiger partial charge in [0.25, 0.3) is 0 Å². The highest BCUT2D eigenvalue weighted by Gasteiger charge is 2.15. The SMILES string of the molecule is Nc1c(Br)cc(Br)cc1C(=O)OCc1ccccc1F.